The molecule has 1 aliphatic rings. The quantitative estimate of drug-likeness (QED) is 0.817. The average Bonchev–Trinajstić information content (AvgIpc) is 2.68. The predicted molar refractivity (Wildman–Crippen MR) is 50.5 cm³/mol. The first-order chi connectivity index (χ1) is 7.16. The Morgan fingerprint density at radius 2 is 2.00 bits per heavy atom. The van der Waals surface area contributed by atoms with Crippen molar-refractivity contribution in [3.8, 4) is 0 Å². The first-order valence-electron chi connectivity index (χ1n) is 5.11. The molecular formula is C9H14F2N4. The molecule has 84 valence electrons. The highest BCUT2D eigenvalue weighted by atomic mass is 19.3. The second-order valence-corrected chi connectivity index (χ2v) is 3.97. The average molecular weight is 216 g/mol. The van der Waals surface area contributed by atoms with Gasteiger partial charge in [-0.05, 0) is 25.7 Å². The van der Waals surface area contributed by atoms with E-state index in [1.165, 1.54) is 0 Å². The standard InChI is InChI=1S/C9H14F2N4/c10-9(11)15-5-13-8(14-15)6-1-3-7(12)4-2-6/h5-7,9H,1-4,12H2. The zero-order chi connectivity index (χ0) is 10.8. The van der Waals surface area contributed by atoms with Crippen molar-refractivity contribution in [3.05, 3.63) is 12.2 Å². The molecule has 2 N–H and O–H groups in total. The van der Waals surface area contributed by atoms with E-state index in [4.69, 9.17) is 5.73 Å². The first kappa shape index (κ1) is 10.5. The molecule has 2 rings (SSSR count). The summed E-state index contributed by atoms with van der Waals surface area (Å²) in [6, 6.07) is 0.249. The van der Waals surface area contributed by atoms with Gasteiger partial charge in [0.15, 0.2) is 5.82 Å². The minimum atomic E-state index is -2.60. The van der Waals surface area contributed by atoms with Gasteiger partial charge in [0.2, 0.25) is 0 Å². The van der Waals surface area contributed by atoms with Gasteiger partial charge >= 0.3 is 6.55 Å². The van der Waals surface area contributed by atoms with Crippen LogP contribution in [0.4, 0.5) is 8.78 Å². The zero-order valence-electron chi connectivity index (χ0n) is 8.31. The Bertz CT molecular complexity index is 318. The van der Waals surface area contributed by atoms with Crippen LogP contribution in [-0.4, -0.2) is 20.8 Å². The summed E-state index contributed by atoms with van der Waals surface area (Å²) < 4.78 is 25.1. The van der Waals surface area contributed by atoms with Crippen molar-refractivity contribution in [2.45, 2.75) is 44.2 Å². The molecule has 0 aromatic carbocycles. The lowest BCUT2D eigenvalue weighted by Crippen LogP contribution is -2.26. The summed E-state index contributed by atoms with van der Waals surface area (Å²) in [4.78, 5) is 3.92. The SMILES string of the molecule is NC1CCC(c2ncn(C(F)F)n2)CC1. The van der Waals surface area contributed by atoms with Crippen LogP contribution in [0.1, 0.15) is 44.0 Å². The van der Waals surface area contributed by atoms with Crippen LogP contribution in [0.5, 0.6) is 0 Å². The van der Waals surface area contributed by atoms with Gasteiger partial charge in [0, 0.05) is 12.0 Å². The highest BCUT2D eigenvalue weighted by Crippen LogP contribution is 2.30. The molecule has 0 bridgehead atoms. The van der Waals surface area contributed by atoms with E-state index in [9.17, 15) is 8.78 Å². The summed E-state index contributed by atoms with van der Waals surface area (Å²) >= 11 is 0. The minimum Gasteiger partial charge on any atom is -0.328 e. The zero-order valence-corrected chi connectivity index (χ0v) is 8.31. The molecule has 0 saturated heterocycles. The number of aromatic nitrogens is 3. The molecule has 1 aromatic heterocycles. The number of hydrogen-bond acceptors (Lipinski definition) is 3. The van der Waals surface area contributed by atoms with E-state index in [-0.39, 0.29) is 12.0 Å². The summed E-state index contributed by atoms with van der Waals surface area (Å²) in [5.41, 5.74) is 5.76. The van der Waals surface area contributed by atoms with E-state index in [0.29, 0.717) is 10.5 Å². The van der Waals surface area contributed by atoms with Crippen molar-refractivity contribution in [3.63, 3.8) is 0 Å². The molecule has 0 amide bonds. The van der Waals surface area contributed by atoms with E-state index >= 15 is 0 Å². The van der Waals surface area contributed by atoms with E-state index < -0.39 is 6.55 Å². The van der Waals surface area contributed by atoms with Crippen molar-refractivity contribution in [2.75, 3.05) is 0 Å². The number of nitrogens with two attached hydrogens (primary N) is 1. The van der Waals surface area contributed by atoms with Gasteiger partial charge in [-0.3, -0.25) is 0 Å². The maximum atomic E-state index is 12.3. The molecule has 1 aromatic rings. The molecule has 1 saturated carbocycles. The molecule has 1 aliphatic carbocycles. The van der Waals surface area contributed by atoms with Crippen LogP contribution in [0.25, 0.3) is 0 Å². The molecule has 1 fully saturated rings. The van der Waals surface area contributed by atoms with Crippen LogP contribution in [0, 0.1) is 0 Å². The van der Waals surface area contributed by atoms with Gasteiger partial charge in [-0.15, -0.1) is 0 Å². The van der Waals surface area contributed by atoms with E-state index in [0.717, 1.165) is 32.0 Å². The van der Waals surface area contributed by atoms with Crippen molar-refractivity contribution in [1.82, 2.24) is 14.8 Å². The minimum absolute atomic E-state index is 0.199. The van der Waals surface area contributed by atoms with E-state index in [2.05, 4.69) is 10.1 Å². The summed E-state index contributed by atoms with van der Waals surface area (Å²) in [6.07, 6.45) is 4.74. The molecule has 6 heteroatoms. The van der Waals surface area contributed by atoms with Gasteiger partial charge in [0.1, 0.15) is 6.33 Å². The molecule has 15 heavy (non-hydrogen) atoms. The lowest BCUT2D eigenvalue weighted by Gasteiger charge is -2.23. The third kappa shape index (κ3) is 2.31. The lowest BCUT2D eigenvalue weighted by molar-refractivity contribution is 0.0556. The van der Waals surface area contributed by atoms with Crippen LogP contribution in [-0.2, 0) is 0 Å². The number of nitrogens with zero attached hydrogens (tertiary/aromatic N) is 3. The molecule has 0 unspecified atom stereocenters. The van der Waals surface area contributed by atoms with Gasteiger partial charge in [-0.1, -0.05) is 0 Å². The molecular weight excluding hydrogens is 202 g/mol. The summed E-state index contributed by atoms with van der Waals surface area (Å²) in [5, 5.41) is 3.77. The predicted octanol–water partition coefficient (Wildman–Crippen LogP) is 1.66. The smallest absolute Gasteiger partial charge is 0.328 e. The number of halogens is 2. The van der Waals surface area contributed by atoms with Crippen LogP contribution >= 0.6 is 0 Å². The molecule has 0 atom stereocenters. The topological polar surface area (TPSA) is 56.7 Å². The maximum absolute atomic E-state index is 12.3. The Kier molecular flexibility index (Phi) is 2.95. The largest absolute Gasteiger partial charge is 0.334 e. The molecule has 1 heterocycles. The second kappa shape index (κ2) is 4.22. The molecule has 4 nitrogen and oxygen atoms in total. The summed E-state index contributed by atoms with van der Waals surface area (Å²) in [7, 11) is 0. The fourth-order valence-electron chi connectivity index (χ4n) is 1.95. The second-order valence-electron chi connectivity index (χ2n) is 3.97. The van der Waals surface area contributed by atoms with Gasteiger partial charge in [-0.2, -0.15) is 18.6 Å². The highest BCUT2D eigenvalue weighted by Gasteiger charge is 2.23. The number of rotatable bonds is 2. The van der Waals surface area contributed by atoms with Crippen LogP contribution in [0.3, 0.4) is 0 Å². The van der Waals surface area contributed by atoms with Gasteiger partial charge in [0.05, 0.1) is 0 Å². The van der Waals surface area contributed by atoms with Gasteiger partial charge in [-0.25, -0.2) is 4.98 Å². The third-order valence-electron chi connectivity index (χ3n) is 2.86. The molecule has 0 radical (unpaired) electrons. The third-order valence-corrected chi connectivity index (χ3v) is 2.86. The molecule has 0 aliphatic heterocycles. The summed E-state index contributed by atoms with van der Waals surface area (Å²) in [6.45, 7) is -2.60. The van der Waals surface area contributed by atoms with Crippen molar-refractivity contribution < 1.29 is 8.78 Å². The number of hydrogen-bond donors (Lipinski definition) is 1. The van der Waals surface area contributed by atoms with Crippen molar-refractivity contribution >= 4 is 0 Å². The fourth-order valence-corrected chi connectivity index (χ4v) is 1.95. The first-order valence-corrected chi connectivity index (χ1v) is 5.11. The van der Waals surface area contributed by atoms with E-state index in [1.807, 2.05) is 0 Å². The van der Waals surface area contributed by atoms with Crippen molar-refractivity contribution in [2.24, 2.45) is 5.73 Å². The maximum Gasteiger partial charge on any atom is 0.334 e. The van der Waals surface area contributed by atoms with Crippen LogP contribution < -0.4 is 5.73 Å². The lowest BCUT2D eigenvalue weighted by atomic mass is 9.86. The van der Waals surface area contributed by atoms with Crippen LogP contribution in [0.15, 0.2) is 6.33 Å². The Labute approximate surface area is 86.5 Å². The fraction of sp³-hybridized carbons (Fsp3) is 0.778. The van der Waals surface area contributed by atoms with Gasteiger partial charge < -0.3 is 5.73 Å². The normalized spacial score (nSPS) is 27.2. The van der Waals surface area contributed by atoms with Crippen LogP contribution in [0.2, 0.25) is 0 Å². The van der Waals surface area contributed by atoms with Crippen molar-refractivity contribution in [1.29, 1.82) is 0 Å². The van der Waals surface area contributed by atoms with E-state index in [1.54, 1.807) is 0 Å². The summed E-state index contributed by atoms with van der Waals surface area (Å²) in [5.74, 6) is 0.729. The van der Waals surface area contributed by atoms with Gasteiger partial charge in [0.25, 0.3) is 0 Å². The Hall–Kier alpha value is -1.04. The number of alkyl halides is 2. The monoisotopic (exact) mass is 216 g/mol. The Morgan fingerprint density at radius 1 is 1.33 bits per heavy atom. The highest BCUT2D eigenvalue weighted by molar-refractivity contribution is 4.96. The molecule has 0 spiro atoms. The Morgan fingerprint density at radius 3 is 2.53 bits per heavy atom. The Balaban J connectivity index is 2.03.